The second-order valence-corrected chi connectivity index (χ2v) is 5.27. The van der Waals surface area contributed by atoms with Gasteiger partial charge in [0.15, 0.2) is 5.96 Å². The molecule has 2 N–H and O–H groups in total. The Morgan fingerprint density at radius 2 is 2.22 bits per heavy atom. The smallest absolute Gasteiger partial charge is 0.191 e. The standard InChI is InChI=1S/C14H26N4/c1-3-8-16-14(15-4-2)17-10-12-7-9-18(11-12)13-5-6-13/h3,12-13H,1,4-11H2,2H3,(H2,15,16,17). The molecule has 1 aliphatic heterocycles. The van der Waals surface area contributed by atoms with Gasteiger partial charge < -0.3 is 15.5 Å². The molecule has 0 aromatic carbocycles. The number of hydrogen-bond donors (Lipinski definition) is 2. The molecule has 0 bridgehead atoms. The third-order valence-electron chi connectivity index (χ3n) is 3.65. The van der Waals surface area contributed by atoms with Crippen LogP contribution in [-0.2, 0) is 0 Å². The van der Waals surface area contributed by atoms with Crippen molar-refractivity contribution in [2.24, 2.45) is 10.9 Å². The van der Waals surface area contributed by atoms with Crippen LogP contribution in [0.15, 0.2) is 17.6 Å². The highest BCUT2D eigenvalue weighted by Gasteiger charge is 2.34. The highest BCUT2D eigenvalue weighted by atomic mass is 15.2. The summed E-state index contributed by atoms with van der Waals surface area (Å²) in [6, 6.07) is 0.908. The van der Waals surface area contributed by atoms with Gasteiger partial charge in [0.05, 0.1) is 0 Å². The number of aliphatic imine (C=N–C) groups is 1. The molecule has 1 atom stereocenters. The minimum Gasteiger partial charge on any atom is -0.357 e. The second-order valence-electron chi connectivity index (χ2n) is 5.27. The Morgan fingerprint density at radius 3 is 2.89 bits per heavy atom. The van der Waals surface area contributed by atoms with Crippen LogP contribution in [0.1, 0.15) is 26.2 Å². The van der Waals surface area contributed by atoms with Gasteiger partial charge in [0.1, 0.15) is 0 Å². The molecule has 0 aromatic rings. The molecule has 1 saturated heterocycles. The summed E-state index contributed by atoms with van der Waals surface area (Å²) in [5, 5.41) is 6.51. The third-order valence-corrected chi connectivity index (χ3v) is 3.65. The van der Waals surface area contributed by atoms with Crippen molar-refractivity contribution in [3.8, 4) is 0 Å². The van der Waals surface area contributed by atoms with E-state index in [4.69, 9.17) is 0 Å². The summed E-state index contributed by atoms with van der Waals surface area (Å²) in [5.41, 5.74) is 0. The normalized spacial score (nSPS) is 25.2. The number of likely N-dealkylation sites (tertiary alicyclic amines) is 1. The molecule has 18 heavy (non-hydrogen) atoms. The fraction of sp³-hybridized carbons (Fsp3) is 0.786. The van der Waals surface area contributed by atoms with Crippen LogP contribution in [-0.4, -0.2) is 49.6 Å². The lowest BCUT2D eigenvalue weighted by Gasteiger charge is -2.14. The Balaban J connectivity index is 1.74. The fourth-order valence-corrected chi connectivity index (χ4v) is 2.51. The Morgan fingerprint density at radius 1 is 1.39 bits per heavy atom. The molecule has 2 aliphatic rings. The number of rotatable bonds is 6. The molecule has 1 saturated carbocycles. The maximum absolute atomic E-state index is 4.67. The van der Waals surface area contributed by atoms with Gasteiger partial charge in [-0.1, -0.05) is 6.08 Å². The largest absolute Gasteiger partial charge is 0.357 e. The number of nitrogens with one attached hydrogen (secondary N) is 2. The van der Waals surface area contributed by atoms with E-state index < -0.39 is 0 Å². The van der Waals surface area contributed by atoms with Gasteiger partial charge in [-0.05, 0) is 38.6 Å². The van der Waals surface area contributed by atoms with Crippen LogP contribution in [0.3, 0.4) is 0 Å². The molecule has 2 rings (SSSR count). The number of nitrogens with zero attached hydrogens (tertiary/aromatic N) is 2. The zero-order valence-electron chi connectivity index (χ0n) is 11.5. The average molecular weight is 250 g/mol. The number of guanidine groups is 1. The third kappa shape index (κ3) is 4.02. The van der Waals surface area contributed by atoms with E-state index in [1.54, 1.807) is 0 Å². The fourth-order valence-electron chi connectivity index (χ4n) is 2.51. The Hall–Kier alpha value is -1.03. The van der Waals surface area contributed by atoms with Gasteiger partial charge in [0, 0.05) is 32.2 Å². The summed E-state index contributed by atoms with van der Waals surface area (Å²) < 4.78 is 0. The molecule has 1 heterocycles. The van der Waals surface area contributed by atoms with Crippen molar-refractivity contribution in [2.75, 3.05) is 32.7 Å². The van der Waals surface area contributed by atoms with Crippen LogP contribution in [0.4, 0.5) is 0 Å². The summed E-state index contributed by atoms with van der Waals surface area (Å²) in [6.45, 7) is 10.9. The van der Waals surface area contributed by atoms with Crippen LogP contribution >= 0.6 is 0 Å². The van der Waals surface area contributed by atoms with Crippen LogP contribution < -0.4 is 10.6 Å². The molecule has 4 nitrogen and oxygen atoms in total. The number of hydrogen-bond acceptors (Lipinski definition) is 2. The predicted molar refractivity (Wildman–Crippen MR) is 76.9 cm³/mol. The molecule has 102 valence electrons. The van der Waals surface area contributed by atoms with Gasteiger partial charge in [0.2, 0.25) is 0 Å². The van der Waals surface area contributed by atoms with Crippen LogP contribution in [0, 0.1) is 5.92 Å². The quantitative estimate of drug-likeness (QED) is 0.423. The first-order chi connectivity index (χ1) is 8.83. The van der Waals surface area contributed by atoms with E-state index >= 15 is 0 Å². The van der Waals surface area contributed by atoms with E-state index in [1.807, 2.05) is 6.08 Å². The minimum atomic E-state index is 0.741. The first-order valence-corrected chi connectivity index (χ1v) is 7.20. The first kappa shape index (κ1) is 13.4. The van der Waals surface area contributed by atoms with Crippen molar-refractivity contribution in [2.45, 2.75) is 32.2 Å². The molecule has 1 unspecified atom stereocenters. The average Bonchev–Trinajstić information content (AvgIpc) is 3.12. The zero-order valence-corrected chi connectivity index (χ0v) is 11.5. The van der Waals surface area contributed by atoms with Gasteiger partial charge in [-0.2, -0.15) is 0 Å². The van der Waals surface area contributed by atoms with Gasteiger partial charge in [0.25, 0.3) is 0 Å². The van der Waals surface area contributed by atoms with E-state index in [0.29, 0.717) is 0 Å². The van der Waals surface area contributed by atoms with Crippen LogP contribution in [0.2, 0.25) is 0 Å². The lowest BCUT2D eigenvalue weighted by atomic mass is 10.1. The van der Waals surface area contributed by atoms with Crippen molar-refractivity contribution in [3.63, 3.8) is 0 Å². The molecule has 0 spiro atoms. The van der Waals surface area contributed by atoms with E-state index in [1.165, 1.54) is 32.4 Å². The van der Waals surface area contributed by atoms with Gasteiger partial charge >= 0.3 is 0 Å². The molecule has 2 fully saturated rings. The van der Waals surface area contributed by atoms with E-state index in [9.17, 15) is 0 Å². The van der Waals surface area contributed by atoms with Crippen LogP contribution in [0.25, 0.3) is 0 Å². The highest BCUT2D eigenvalue weighted by Crippen LogP contribution is 2.31. The second kappa shape index (κ2) is 6.78. The lowest BCUT2D eigenvalue weighted by Crippen LogP contribution is -2.37. The Kier molecular flexibility index (Phi) is 5.05. The monoisotopic (exact) mass is 250 g/mol. The summed E-state index contributed by atoms with van der Waals surface area (Å²) in [4.78, 5) is 7.31. The van der Waals surface area contributed by atoms with Gasteiger partial charge in [-0.25, -0.2) is 0 Å². The SMILES string of the molecule is C=CCNC(=NCC1CCN(C2CC2)C1)NCC. The van der Waals surface area contributed by atoms with Crippen molar-refractivity contribution in [3.05, 3.63) is 12.7 Å². The molecular weight excluding hydrogens is 224 g/mol. The highest BCUT2D eigenvalue weighted by molar-refractivity contribution is 5.79. The predicted octanol–water partition coefficient (Wildman–Crippen LogP) is 1.21. The molecule has 0 amide bonds. The van der Waals surface area contributed by atoms with E-state index in [2.05, 4.69) is 34.0 Å². The summed E-state index contributed by atoms with van der Waals surface area (Å²) >= 11 is 0. The zero-order chi connectivity index (χ0) is 12.8. The van der Waals surface area contributed by atoms with Crippen molar-refractivity contribution < 1.29 is 0 Å². The van der Waals surface area contributed by atoms with E-state index in [0.717, 1.165) is 37.6 Å². The Labute approximate surface area is 111 Å². The van der Waals surface area contributed by atoms with Crippen molar-refractivity contribution in [1.82, 2.24) is 15.5 Å². The van der Waals surface area contributed by atoms with Crippen molar-refractivity contribution >= 4 is 5.96 Å². The maximum Gasteiger partial charge on any atom is 0.191 e. The Bertz CT molecular complexity index is 296. The topological polar surface area (TPSA) is 39.7 Å². The molecule has 0 aromatic heterocycles. The van der Waals surface area contributed by atoms with Gasteiger partial charge in [-0.15, -0.1) is 6.58 Å². The molecule has 1 aliphatic carbocycles. The van der Waals surface area contributed by atoms with Crippen molar-refractivity contribution in [1.29, 1.82) is 0 Å². The minimum absolute atomic E-state index is 0.741. The summed E-state index contributed by atoms with van der Waals surface area (Å²) in [7, 11) is 0. The first-order valence-electron chi connectivity index (χ1n) is 7.20. The summed E-state index contributed by atoms with van der Waals surface area (Å²) in [5.74, 6) is 1.66. The van der Waals surface area contributed by atoms with E-state index in [-0.39, 0.29) is 0 Å². The summed E-state index contributed by atoms with van der Waals surface area (Å²) in [6.07, 6.45) is 6.00. The lowest BCUT2D eigenvalue weighted by molar-refractivity contribution is 0.315. The molecular formula is C14H26N4. The molecule has 4 heteroatoms. The molecule has 0 radical (unpaired) electrons. The maximum atomic E-state index is 4.67. The van der Waals surface area contributed by atoms with Gasteiger partial charge in [-0.3, -0.25) is 4.99 Å². The van der Waals surface area contributed by atoms with Crippen LogP contribution in [0.5, 0.6) is 0 Å².